The SMILES string of the molecule is O=C1C2=C(CCC=C2)C(=O)C1F. The number of hydrogen-bond acceptors (Lipinski definition) is 2. The van der Waals surface area contributed by atoms with E-state index in [1.807, 2.05) is 0 Å². The van der Waals surface area contributed by atoms with Crippen LogP contribution in [0.2, 0.25) is 0 Å². The maximum Gasteiger partial charge on any atom is 0.225 e. The molecule has 3 heteroatoms. The second-order valence-corrected chi connectivity index (χ2v) is 2.92. The Morgan fingerprint density at radius 1 is 1.33 bits per heavy atom. The number of allylic oxidation sites excluding steroid dienone is 4. The highest BCUT2D eigenvalue weighted by Gasteiger charge is 2.40. The van der Waals surface area contributed by atoms with Gasteiger partial charge in [-0.1, -0.05) is 12.2 Å². The third kappa shape index (κ3) is 0.793. The molecule has 1 unspecified atom stereocenters. The van der Waals surface area contributed by atoms with Gasteiger partial charge in [0.15, 0.2) is 0 Å². The number of rotatable bonds is 0. The van der Waals surface area contributed by atoms with E-state index in [0.717, 1.165) is 6.42 Å². The Morgan fingerprint density at radius 2 is 2.08 bits per heavy atom. The van der Waals surface area contributed by atoms with E-state index in [9.17, 15) is 14.0 Å². The first-order chi connectivity index (χ1) is 5.72. The number of halogens is 1. The summed E-state index contributed by atoms with van der Waals surface area (Å²) in [5.74, 6) is -1.29. The molecule has 0 aromatic rings. The van der Waals surface area contributed by atoms with Gasteiger partial charge in [0.05, 0.1) is 0 Å². The van der Waals surface area contributed by atoms with Crippen LogP contribution in [0.5, 0.6) is 0 Å². The lowest BCUT2D eigenvalue weighted by atomic mass is 10.00. The molecule has 1 atom stereocenters. The molecule has 0 aromatic carbocycles. The quantitative estimate of drug-likeness (QED) is 0.505. The molecule has 0 radical (unpaired) electrons. The van der Waals surface area contributed by atoms with Crippen LogP contribution in [-0.4, -0.2) is 17.7 Å². The Bertz CT molecular complexity index is 325. The van der Waals surface area contributed by atoms with Crippen molar-refractivity contribution in [3.05, 3.63) is 23.3 Å². The summed E-state index contributed by atoms with van der Waals surface area (Å²) < 4.78 is 12.8. The molecule has 62 valence electrons. The number of hydrogen-bond donors (Lipinski definition) is 0. The molecular weight excluding hydrogens is 159 g/mol. The van der Waals surface area contributed by atoms with E-state index in [1.165, 1.54) is 0 Å². The predicted molar refractivity (Wildman–Crippen MR) is 40.3 cm³/mol. The van der Waals surface area contributed by atoms with Gasteiger partial charge in [-0.3, -0.25) is 9.59 Å². The minimum atomic E-state index is -1.92. The molecule has 2 aliphatic rings. The first-order valence-corrected chi connectivity index (χ1v) is 3.84. The number of ketones is 2. The van der Waals surface area contributed by atoms with Gasteiger partial charge in [-0.05, 0) is 12.8 Å². The number of carbonyl (C=O) groups is 2. The minimum absolute atomic E-state index is 0.291. The van der Waals surface area contributed by atoms with Gasteiger partial charge in [0, 0.05) is 11.1 Å². The van der Waals surface area contributed by atoms with Crippen LogP contribution in [0.15, 0.2) is 23.3 Å². The summed E-state index contributed by atoms with van der Waals surface area (Å²) in [6, 6.07) is 0. The lowest BCUT2D eigenvalue weighted by Gasteiger charge is -2.03. The molecule has 0 fully saturated rings. The van der Waals surface area contributed by atoms with Crippen LogP contribution in [0.3, 0.4) is 0 Å². The summed E-state index contributed by atoms with van der Waals surface area (Å²) in [6.07, 6.45) is 2.67. The van der Waals surface area contributed by atoms with Crippen molar-refractivity contribution in [1.29, 1.82) is 0 Å². The van der Waals surface area contributed by atoms with Crippen molar-refractivity contribution in [2.75, 3.05) is 0 Å². The van der Waals surface area contributed by atoms with E-state index in [1.54, 1.807) is 12.2 Å². The maximum atomic E-state index is 12.8. The van der Waals surface area contributed by atoms with E-state index in [2.05, 4.69) is 0 Å². The molecule has 0 aromatic heterocycles. The Balaban J connectivity index is 2.49. The zero-order valence-corrected chi connectivity index (χ0v) is 6.34. The third-order valence-corrected chi connectivity index (χ3v) is 2.19. The Hall–Kier alpha value is -1.25. The van der Waals surface area contributed by atoms with Crippen LogP contribution >= 0.6 is 0 Å². The molecular formula is C9H7FO2. The van der Waals surface area contributed by atoms with Gasteiger partial charge < -0.3 is 0 Å². The van der Waals surface area contributed by atoms with E-state index in [0.29, 0.717) is 17.6 Å². The summed E-state index contributed by atoms with van der Waals surface area (Å²) >= 11 is 0. The molecule has 2 rings (SSSR count). The van der Waals surface area contributed by atoms with Gasteiger partial charge in [0.25, 0.3) is 0 Å². The zero-order chi connectivity index (χ0) is 8.72. The third-order valence-electron chi connectivity index (χ3n) is 2.19. The van der Waals surface area contributed by atoms with Crippen molar-refractivity contribution < 1.29 is 14.0 Å². The van der Waals surface area contributed by atoms with Crippen LogP contribution in [0.4, 0.5) is 4.39 Å². The lowest BCUT2D eigenvalue weighted by molar-refractivity contribution is -0.127. The molecule has 2 nitrogen and oxygen atoms in total. The summed E-state index contributed by atoms with van der Waals surface area (Å²) in [4.78, 5) is 22.1. The molecule has 0 spiro atoms. The number of Topliss-reactive ketones (excluding diaryl/α,β-unsaturated/α-hetero) is 2. The fourth-order valence-corrected chi connectivity index (χ4v) is 1.56. The zero-order valence-electron chi connectivity index (χ0n) is 6.34. The standard InChI is InChI=1S/C9H7FO2/c10-7-8(11)5-3-1-2-4-6(5)9(7)12/h1,3,7H,2,4H2. The first kappa shape index (κ1) is 7.40. The molecule has 0 N–H and O–H groups in total. The van der Waals surface area contributed by atoms with Gasteiger partial charge in [0.2, 0.25) is 17.7 Å². The number of alkyl halides is 1. The lowest BCUT2D eigenvalue weighted by Crippen LogP contribution is -2.18. The van der Waals surface area contributed by atoms with E-state index >= 15 is 0 Å². The van der Waals surface area contributed by atoms with Crippen molar-refractivity contribution >= 4 is 11.6 Å². The maximum absolute atomic E-state index is 12.8. The van der Waals surface area contributed by atoms with Crippen LogP contribution in [-0.2, 0) is 9.59 Å². The molecule has 0 saturated heterocycles. The fraction of sp³-hybridized carbons (Fsp3) is 0.333. The molecule has 2 aliphatic carbocycles. The minimum Gasteiger partial charge on any atom is -0.291 e. The Morgan fingerprint density at radius 3 is 2.75 bits per heavy atom. The summed E-state index contributed by atoms with van der Waals surface area (Å²) in [7, 11) is 0. The van der Waals surface area contributed by atoms with Crippen molar-refractivity contribution in [2.45, 2.75) is 19.0 Å². The van der Waals surface area contributed by atoms with Crippen LogP contribution in [0, 0.1) is 0 Å². The fourth-order valence-electron chi connectivity index (χ4n) is 1.56. The highest BCUT2D eigenvalue weighted by Crippen LogP contribution is 2.29. The Kier molecular flexibility index (Phi) is 1.46. The first-order valence-electron chi connectivity index (χ1n) is 3.84. The van der Waals surface area contributed by atoms with Gasteiger partial charge in [-0.15, -0.1) is 0 Å². The molecule has 0 aliphatic heterocycles. The van der Waals surface area contributed by atoms with Gasteiger partial charge in [-0.25, -0.2) is 4.39 Å². The van der Waals surface area contributed by atoms with Crippen molar-refractivity contribution in [2.24, 2.45) is 0 Å². The average Bonchev–Trinajstić information content (AvgIpc) is 2.33. The second kappa shape index (κ2) is 2.37. The number of carbonyl (C=O) groups excluding carboxylic acids is 2. The smallest absolute Gasteiger partial charge is 0.225 e. The monoisotopic (exact) mass is 166 g/mol. The van der Waals surface area contributed by atoms with Gasteiger partial charge >= 0.3 is 0 Å². The van der Waals surface area contributed by atoms with Crippen molar-refractivity contribution in [1.82, 2.24) is 0 Å². The summed E-state index contributed by atoms with van der Waals surface area (Å²) in [5.41, 5.74) is 0.675. The Labute approximate surface area is 68.8 Å². The van der Waals surface area contributed by atoms with Crippen LogP contribution in [0.25, 0.3) is 0 Å². The van der Waals surface area contributed by atoms with Crippen LogP contribution < -0.4 is 0 Å². The van der Waals surface area contributed by atoms with Gasteiger partial charge in [0.1, 0.15) is 0 Å². The molecule has 0 saturated carbocycles. The van der Waals surface area contributed by atoms with E-state index in [-0.39, 0.29) is 0 Å². The second-order valence-electron chi connectivity index (χ2n) is 2.92. The molecule has 0 heterocycles. The summed E-state index contributed by atoms with van der Waals surface area (Å²) in [6.45, 7) is 0. The van der Waals surface area contributed by atoms with Crippen molar-refractivity contribution in [3.63, 3.8) is 0 Å². The predicted octanol–water partition coefficient (Wildman–Crippen LogP) is 1.12. The topological polar surface area (TPSA) is 34.1 Å². The highest BCUT2D eigenvalue weighted by molar-refractivity contribution is 6.28. The average molecular weight is 166 g/mol. The normalized spacial score (nSPS) is 28.2. The van der Waals surface area contributed by atoms with Crippen LogP contribution in [0.1, 0.15) is 12.8 Å². The summed E-state index contributed by atoms with van der Waals surface area (Å²) in [5, 5.41) is 0. The van der Waals surface area contributed by atoms with E-state index < -0.39 is 17.7 Å². The van der Waals surface area contributed by atoms with Crippen molar-refractivity contribution in [3.8, 4) is 0 Å². The molecule has 0 bridgehead atoms. The highest BCUT2D eigenvalue weighted by atomic mass is 19.1. The van der Waals surface area contributed by atoms with Gasteiger partial charge in [-0.2, -0.15) is 0 Å². The molecule has 12 heavy (non-hydrogen) atoms. The van der Waals surface area contributed by atoms with E-state index in [4.69, 9.17) is 0 Å². The molecule has 0 amide bonds. The largest absolute Gasteiger partial charge is 0.291 e.